The molecule has 0 radical (unpaired) electrons. The van der Waals surface area contributed by atoms with Gasteiger partial charge in [0.25, 0.3) is 5.91 Å². The van der Waals surface area contributed by atoms with E-state index in [0.717, 1.165) is 4.70 Å². The van der Waals surface area contributed by atoms with Crippen molar-refractivity contribution in [1.29, 1.82) is 0 Å². The molecule has 0 fully saturated rings. The number of benzene rings is 2. The number of aromatic nitrogens is 1. The summed E-state index contributed by atoms with van der Waals surface area (Å²) in [5.74, 6) is -0.118. The fraction of sp³-hybridized carbons (Fsp3) is 0.318. The lowest BCUT2D eigenvalue weighted by Crippen LogP contribution is -2.23. The summed E-state index contributed by atoms with van der Waals surface area (Å²) < 4.78 is 42.1. The average Bonchev–Trinajstić information content (AvgIpc) is 3.13. The van der Waals surface area contributed by atoms with Crippen LogP contribution in [0.5, 0.6) is 11.5 Å². The summed E-state index contributed by atoms with van der Waals surface area (Å²) >= 11 is 1.20. The van der Waals surface area contributed by atoms with Gasteiger partial charge >= 0.3 is 5.97 Å². The zero-order chi connectivity index (χ0) is 24.2. The Hall–Kier alpha value is -3.18. The topological polar surface area (TPSA) is 113 Å². The Kier molecular flexibility index (Phi) is 7.54. The van der Waals surface area contributed by atoms with Crippen molar-refractivity contribution in [2.75, 3.05) is 26.6 Å². The van der Waals surface area contributed by atoms with Crippen LogP contribution in [0.3, 0.4) is 0 Å². The molecule has 0 spiro atoms. The Morgan fingerprint density at radius 2 is 1.67 bits per heavy atom. The van der Waals surface area contributed by atoms with E-state index in [1.54, 1.807) is 30.5 Å². The maximum Gasteiger partial charge on any atom is 0.326 e. The maximum absolute atomic E-state index is 12.8. The van der Waals surface area contributed by atoms with Crippen LogP contribution in [0.2, 0.25) is 0 Å². The molecule has 33 heavy (non-hydrogen) atoms. The second-order valence-electron chi connectivity index (χ2n) is 6.80. The van der Waals surface area contributed by atoms with Gasteiger partial charge in [-0.05, 0) is 31.2 Å². The summed E-state index contributed by atoms with van der Waals surface area (Å²) in [6.07, 6.45) is 0. The summed E-state index contributed by atoms with van der Waals surface area (Å²) in [7, 11) is -0.357. The fourth-order valence-corrected chi connectivity index (χ4v) is 5.02. The molecule has 0 aliphatic heterocycles. The van der Waals surface area contributed by atoms with Gasteiger partial charge in [-0.1, -0.05) is 18.3 Å². The van der Waals surface area contributed by atoms with Crippen molar-refractivity contribution in [3.05, 3.63) is 46.8 Å². The Labute approximate surface area is 195 Å². The molecule has 0 atom stereocenters. The molecule has 0 aliphatic carbocycles. The van der Waals surface area contributed by atoms with Crippen LogP contribution in [0.25, 0.3) is 10.2 Å². The highest BCUT2D eigenvalue weighted by molar-refractivity contribution is 7.91. The number of sulfone groups is 1. The van der Waals surface area contributed by atoms with Gasteiger partial charge in [0.1, 0.15) is 6.54 Å². The first-order chi connectivity index (χ1) is 15.7. The Bertz CT molecular complexity index is 1350. The fourth-order valence-electron chi connectivity index (χ4n) is 3.09. The first-order valence-electron chi connectivity index (χ1n) is 10.1. The molecule has 11 heteroatoms. The third kappa shape index (κ3) is 5.25. The zero-order valence-electron chi connectivity index (χ0n) is 18.7. The van der Waals surface area contributed by atoms with E-state index in [1.807, 2.05) is 0 Å². The molecule has 2 aromatic carbocycles. The van der Waals surface area contributed by atoms with Crippen molar-refractivity contribution < 1.29 is 32.2 Å². The average molecular weight is 493 g/mol. The normalized spacial score (nSPS) is 12.1. The summed E-state index contributed by atoms with van der Waals surface area (Å²) in [6, 6.07) is 9.06. The van der Waals surface area contributed by atoms with Crippen LogP contribution in [0, 0.1) is 0 Å². The first-order valence-corrected chi connectivity index (χ1v) is 12.5. The molecule has 9 nitrogen and oxygen atoms in total. The van der Waals surface area contributed by atoms with Crippen LogP contribution in [-0.2, 0) is 25.9 Å². The number of amides is 1. The van der Waals surface area contributed by atoms with Gasteiger partial charge in [-0.2, -0.15) is 4.99 Å². The number of methoxy groups -OCH3 is 2. The number of ether oxygens (including phenoxy) is 3. The minimum Gasteiger partial charge on any atom is -0.493 e. The van der Waals surface area contributed by atoms with Gasteiger partial charge < -0.3 is 18.8 Å². The smallest absolute Gasteiger partial charge is 0.326 e. The summed E-state index contributed by atoms with van der Waals surface area (Å²) in [5, 5.41) is 0. The highest BCUT2D eigenvalue weighted by atomic mass is 32.2. The lowest BCUT2D eigenvalue weighted by molar-refractivity contribution is -0.143. The van der Waals surface area contributed by atoms with E-state index in [1.165, 1.54) is 49.8 Å². The van der Waals surface area contributed by atoms with Crippen LogP contribution in [-0.4, -0.2) is 51.4 Å². The predicted molar refractivity (Wildman–Crippen MR) is 124 cm³/mol. The molecule has 1 heterocycles. The van der Waals surface area contributed by atoms with Crippen LogP contribution >= 0.6 is 11.3 Å². The van der Waals surface area contributed by atoms with E-state index < -0.39 is 21.7 Å². The minimum atomic E-state index is -3.37. The Morgan fingerprint density at radius 1 is 1.03 bits per heavy atom. The summed E-state index contributed by atoms with van der Waals surface area (Å²) in [4.78, 5) is 29.7. The molecule has 3 rings (SSSR count). The monoisotopic (exact) mass is 492 g/mol. The van der Waals surface area contributed by atoms with Crippen molar-refractivity contribution in [3.63, 3.8) is 0 Å². The molecule has 0 bridgehead atoms. The molecule has 1 amide bonds. The molecule has 1 aromatic heterocycles. The third-order valence-corrected chi connectivity index (χ3v) is 7.61. The predicted octanol–water partition coefficient (Wildman–Crippen LogP) is 2.82. The molecule has 176 valence electrons. The van der Waals surface area contributed by atoms with Crippen LogP contribution in [0.1, 0.15) is 24.2 Å². The SMILES string of the molecule is CCOC(=O)Cn1c(=NC(=O)c2ccc(S(=O)(=O)CC)cc2)sc2cc(OC)c(OC)cc21. The van der Waals surface area contributed by atoms with Crippen LogP contribution in [0.15, 0.2) is 46.3 Å². The molecule has 0 unspecified atom stereocenters. The van der Waals surface area contributed by atoms with Crippen LogP contribution < -0.4 is 14.3 Å². The van der Waals surface area contributed by atoms with Gasteiger partial charge in [0, 0.05) is 17.7 Å². The number of hydrogen-bond acceptors (Lipinski definition) is 8. The van der Waals surface area contributed by atoms with E-state index in [9.17, 15) is 18.0 Å². The minimum absolute atomic E-state index is 0.0345. The number of carbonyl (C=O) groups excluding carboxylic acids is 2. The van der Waals surface area contributed by atoms with Gasteiger partial charge in [-0.3, -0.25) is 9.59 Å². The molecule has 3 aromatic rings. The van der Waals surface area contributed by atoms with E-state index >= 15 is 0 Å². The lowest BCUT2D eigenvalue weighted by atomic mass is 10.2. The molecule has 0 aliphatic rings. The van der Waals surface area contributed by atoms with Crippen LogP contribution in [0.4, 0.5) is 0 Å². The molecular weight excluding hydrogens is 468 g/mol. The van der Waals surface area contributed by atoms with Crippen molar-refractivity contribution in [1.82, 2.24) is 4.57 Å². The van der Waals surface area contributed by atoms with E-state index in [4.69, 9.17) is 14.2 Å². The number of rotatable bonds is 8. The number of carbonyl (C=O) groups is 2. The second-order valence-corrected chi connectivity index (χ2v) is 10.1. The maximum atomic E-state index is 12.8. The van der Waals surface area contributed by atoms with Gasteiger partial charge in [0.15, 0.2) is 26.1 Å². The first kappa shape index (κ1) is 24.5. The van der Waals surface area contributed by atoms with Crippen molar-refractivity contribution >= 4 is 43.3 Å². The zero-order valence-corrected chi connectivity index (χ0v) is 20.3. The molecule has 0 saturated carbocycles. The lowest BCUT2D eigenvalue weighted by Gasteiger charge is -2.09. The molecular formula is C22H24N2O7S2. The number of hydrogen-bond donors (Lipinski definition) is 0. The third-order valence-electron chi connectivity index (χ3n) is 4.82. The van der Waals surface area contributed by atoms with E-state index in [-0.39, 0.29) is 34.2 Å². The molecule has 0 saturated heterocycles. The van der Waals surface area contributed by atoms with Gasteiger partial charge in [0.05, 0.1) is 41.7 Å². The van der Waals surface area contributed by atoms with Crippen molar-refractivity contribution in [3.8, 4) is 11.5 Å². The molecule has 0 N–H and O–H groups in total. The van der Waals surface area contributed by atoms with Gasteiger partial charge in [-0.25, -0.2) is 8.42 Å². The summed E-state index contributed by atoms with van der Waals surface area (Å²) in [5.41, 5.74) is 0.849. The second kappa shape index (κ2) is 10.2. The quantitative estimate of drug-likeness (QED) is 0.444. The van der Waals surface area contributed by atoms with Crippen molar-refractivity contribution in [2.45, 2.75) is 25.3 Å². The van der Waals surface area contributed by atoms with Crippen molar-refractivity contribution in [2.24, 2.45) is 4.99 Å². The number of thiazole rings is 1. The number of fused-ring (bicyclic) bond motifs is 1. The standard InChI is InChI=1S/C22H24N2O7S2/c1-5-31-20(25)13-24-16-11-17(29-3)18(30-4)12-19(16)32-22(24)23-21(26)14-7-9-15(10-8-14)33(27,28)6-2/h7-12H,5-6,13H2,1-4H3. The Morgan fingerprint density at radius 3 is 2.24 bits per heavy atom. The van der Waals surface area contributed by atoms with E-state index in [2.05, 4.69) is 4.99 Å². The van der Waals surface area contributed by atoms with Gasteiger partial charge in [0.2, 0.25) is 0 Å². The number of esters is 1. The summed E-state index contributed by atoms with van der Waals surface area (Å²) in [6.45, 7) is 3.33. The highest BCUT2D eigenvalue weighted by Crippen LogP contribution is 2.33. The number of nitrogens with zero attached hydrogens (tertiary/aromatic N) is 2. The highest BCUT2D eigenvalue weighted by Gasteiger charge is 2.17. The largest absolute Gasteiger partial charge is 0.493 e. The van der Waals surface area contributed by atoms with Gasteiger partial charge in [-0.15, -0.1) is 0 Å². The Balaban J connectivity index is 2.11. The van der Waals surface area contributed by atoms with E-state index in [0.29, 0.717) is 17.0 Å².